The summed E-state index contributed by atoms with van der Waals surface area (Å²) >= 11 is 6.05. The zero-order chi connectivity index (χ0) is 28.6. The van der Waals surface area contributed by atoms with E-state index in [0.717, 1.165) is 11.1 Å². The van der Waals surface area contributed by atoms with Crippen LogP contribution in [0.2, 0.25) is 5.02 Å². The summed E-state index contributed by atoms with van der Waals surface area (Å²) in [5.41, 5.74) is 6.59. The van der Waals surface area contributed by atoms with E-state index in [9.17, 15) is 19.6 Å². The summed E-state index contributed by atoms with van der Waals surface area (Å²) in [6.07, 6.45) is 1.53. The number of rotatable bonds is 11. The average molecular weight is 548 g/mol. The van der Waals surface area contributed by atoms with E-state index in [0.29, 0.717) is 22.7 Å². The molecule has 0 radical (unpaired) electrons. The summed E-state index contributed by atoms with van der Waals surface area (Å²) in [6.45, 7) is 5.17. The summed E-state index contributed by atoms with van der Waals surface area (Å²) in [6, 6.07) is 19.8. The molecule has 39 heavy (non-hydrogen) atoms. The van der Waals surface area contributed by atoms with Crippen LogP contribution in [0.15, 0.2) is 66.9 Å². The molecule has 0 aliphatic heterocycles. The van der Waals surface area contributed by atoms with Crippen LogP contribution < -0.4 is 21.1 Å². The Morgan fingerprint density at radius 1 is 1.13 bits per heavy atom. The number of nitrogens with zero attached hydrogens (tertiary/aromatic N) is 2. The van der Waals surface area contributed by atoms with Gasteiger partial charge in [-0.05, 0) is 68.7 Å². The molecule has 0 bridgehead atoms. The van der Waals surface area contributed by atoms with Crippen LogP contribution >= 0.6 is 11.6 Å². The number of pyridine rings is 1. The number of nitrogens with one attached hydrogen (secondary N) is 2. The number of anilines is 1. The number of halogens is 1. The molecule has 4 N–H and O–H groups in total. The molecule has 0 spiro atoms. The second kappa shape index (κ2) is 12.9. The van der Waals surface area contributed by atoms with E-state index < -0.39 is 23.8 Å². The number of nitrogens with two attached hydrogens (primary N) is 1. The van der Waals surface area contributed by atoms with Crippen molar-refractivity contribution in [1.82, 2.24) is 10.3 Å². The van der Waals surface area contributed by atoms with E-state index in [-0.39, 0.29) is 23.7 Å². The number of amides is 3. The van der Waals surface area contributed by atoms with Crippen LogP contribution in [-0.4, -0.2) is 34.3 Å². The average Bonchev–Trinajstić information content (AvgIpc) is 2.88. The Bertz CT molecular complexity index is 1370. The first-order chi connectivity index (χ1) is 18.5. The monoisotopic (exact) mass is 547 g/mol. The molecule has 0 aliphatic rings. The number of hydrogen-bond acceptors (Lipinski definition) is 6. The Labute approximate surface area is 232 Å². The van der Waals surface area contributed by atoms with Crippen molar-refractivity contribution in [2.45, 2.75) is 51.2 Å². The van der Waals surface area contributed by atoms with Gasteiger partial charge < -0.3 is 21.1 Å². The number of aromatic nitrogens is 1. The Morgan fingerprint density at radius 2 is 1.85 bits per heavy atom. The second-order valence-corrected chi connectivity index (χ2v) is 10.1. The molecule has 9 nitrogen and oxygen atoms in total. The zero-order valence-corrected chi connectivity index (χ0v) is 22.7. The lowest BCUT2D eigenvalue weighted by Crippen LogP contribution is -2.51. The van der Waals surface area contributed by atoms with Gasteiger partial charge in [-0.2, -0.15) is 5.26 Å². The Hall–Kier alpha value is -4.42. The smallest absolute Gasteiger partial charge is 0.263 e. The molecule has 2 unspecified atom stereocenters. The van der Waals surface area contributed by atoms with Gasteiger partial charge >= 0.3 is 0 Å². The number of benzene rings is 2. The highest BCUT2D eigenvalue weighted by Gasteiger charge is 2.33. The minimum atomic E-state index is -1.28. The van der Waals surface area contributed by atoms with Crippen LogP contribution in [-0.2, 0) is 20.8 Å². The summed E-state index contributed by atoms with van der Waals surface area (Å²) in [5, 5.41) is 15.6. The van der Waals surface area contributed by atoms with Crippen molar-refractivity contribution in [2.75, 3.05) is 5.32 Å². The van der Waals surface area contributed by atoms with Crippen molar-refractivity contribution in [1.29, 1.82) is 5.26 Å². The minimum absolute atomic E-state index is 0.138. The first-order valence-corrected chi connectivity index (χ1v) is 12.6. The zero-order valence-electron chi connectivity index (χ0n) is 21.9. The fourth-order valence-corrected chi connectivity index (χ4v) is 4.09. The summed E-state index contributed by atoms with van der Waals surface area (Å²) in [5.74, 6) is -1.61. The Morgan fingerprint density at radius 3 is 2.46 bits per heavy atom. The van der Waals surface area contributed by atoms with Crippen molar-refractivity contribution in [2.24, 2.45) is 5.73 Å². The maximum Gasteiger partial charge on any atom is 0.263 e. The number of nitriles is 1. The molecule has 3 amide bonds. The van der Waals surface area contributed by atoms with Crippen molar-refractivity contribution >= 4 is 35.0 Å². The Balaban J connectivity index is 1.72. The van der Waals surface area contributed by atoms with Gasteiger partial charge in [-0.15, -0.1) is 0 Å². The molecule has 3 aromatic rings. The maximum atomic E-state index is 13.3. The lowest BCUT2D eigenvalue weighted by atomic mass is 9.85. The van der Waals surface area contributed by atoms with Crippen LogP contribution in [0.4, 0.5) is 5.69 Å². The van der Waals surface area contributed by atoms with E-state index >= 15 is 0 Å². The Kier molecular flexibility index (Phi) is 9.63. The van der Waals surface area contributed by atoms with Gasteiger partial charge in [0.05, 0.1) is 23.5 Å². The normalized spacial score (nSPS) is 12.5. The predicted molar refractivity (Wildman–Crippen MR) is 148 cm³/mol. The van der Waals surface area contributed by atoms with Crippen LogP contribution in [0.1, 0.15) is 49.8 Å². The number of primary amides is 1. The van der Waals surface area contributed by atoms with Crippen molar-refractivity contribution < 1.29 is 19.1 Å². The third-order valence-corrected chi connectivity index (χ3v) is 6.29. The molecule has 0 aliphatic carbocycles. The lowest BCUT2D eigenvalue weighted by Gasteiger charge is -2.30. The van der Waals surface area contributed by atoms with Gasteiger partial charge in [-0.1, -0.05) is 35.9 Å². The van der Waals surface area contributed by atoms with E-state index in [1.54, 1.807) is 26.0 Å². The highest BCUT2D eigenvalue weighted by Crippen LogP contribution is 2.27. The third-order valence-electron chi connectivity index (χ3n) is 6.04. The fraction of sp³-hybridized carbons (Fsp3) is 0.276. The molecule has 202 valence electrons. The number of ether oxygens (including phenoxy) is 1. The van der Waals surface area contributed by atoms with Gasteiger partial charge in [0.15, 0.2) is 5.60 Å². The number of hydrogen-bond donors (Lipinski definition) is 3. The molecule has 10 heteroatoms. The standard InChI is InChI=1S/C29H30ClN5O4/c1-18(24(14-19-7-9-22(30)10-8-19)21-6-4-5-20(13-21)16-31)34-28(38)29(2,3)39-27-12-11-23(17-33-27)35-26(37)15-25(32)36/h4-13,17-18,24H,14-15H2,1-3H3,(H2,32,36)(H,34,38)(H,35,37). The van der Waals surface area contributed by atoms with Gasteiger partial charge in [-0.25, -0.2) is 4.98 Å². The van der Waals surface area contributed by atoms with E-state index in [4.69, 9.17) is 22.1 Å². The lowest BCUT2D eigenvalue weighted by molar-refractivity contribution is -0.135. The molecule has 1 aromatic heterocycles. The van der Waals surface area contributed by atoms with Crippen molar-refractivity contribution in [3.05, 3.63) is 88.6 Å². The van der Waals surface area contributed by atoms with Crippen LogP contribution in [0, 0.1) is 11.3 Å². The van der Waals surface area contributed by atoms with Gasteiger partial charge in [0.2, 0.25) is 17.7 Å². The number of carbonyl (C=O) groups is 3. The van der Waals surface area contributed by atoms with E-state index in [1.807, 2.05) is 49.4 Å². The molecule has 2 aromatic carbocycles. The first-order valence-electron chi connectivity index (χ1n) is 12.3. The highest BCUT2D eigenvalue weighted by molar-refractivity contribution is 6.30. The molecule has 1 heterocycles. The topological polar surface area (TPSA) is 147 Å². The van der Waals surface area contributed by atoms with Gasteiger partial charge in [0.25, 0.3) is 5.91 Å². The van der Waals surface area contributed by atoms with Gasteiger partial charge in [-0.3, -0.25) is 14.4 Å². The maximum absolute atomic E-state index is 13.3. The summed E-state index contributed by atoms with van der Waals surface area (Å²) in [4.78, 5) is 40.0. The fourth-order valence-electron chi connectivity index (χ4n) is 3.96. The molecule has 0 saturated carbocycles. The first kappa shape index (κ1) is 29.1. The largest absolute Gasteiger partial charge is 0.462 e. The van der Waals surface area contributed by atoms with E-state index in [2.05, 4.69) is 21.7 Å². The third kappa shape index (κ3) is 8.55. The second-order valence-electron chi connectivity index (χ2n) is 9.63. The van der Waals surface area contributed by atoms with Crippen LogP contribution in [0.5, 0.6) is 5.88 Å². The van der Waals surface area contributed by atoms with Crippen molar-refractivity contribution in [3.8, 4) is 11.9 Å². The molecule has 2 atom stereocenters. The van der Waals surface area contributed by atoms with Crippen LogP contribution in [0.3, 0.4) is 0 Å². The number of carbonyl (C=O) groups excluding carboxylic acids is 3. The molecule has 0 fully saturated rings. The summed E-state index contributed by atoms with van der Waals surface area (Å²) in [7, 11) is 0. The molecule has 3 rings (SSSR count). The molecular formula is C29H30ClN5O4. The van der Waals surface area contributed by atoms with Gasteiger partial charge in [0.1, 0.15) is 6.42 Å². The summed E-state index contributed by atoms with van der Waals surface area (Å²) < 4.78 is 5.87. The van der Waals surface area contributed by atoms with Gasteiger partial charge in [0, 0.05) is 23.0 Å². The van der Waals surface area contributed by atoms with E-state index in [1.165, 1.54) is 12.3 Å². The molecular weight excluding hydrogens is 518 g/mol. The van der Waals surface area contributed by atoms with Crippen molar-refractivity contribution in [3.63, 3.8) is 0 Å². The SMILES string of the molecule is CC(NC(=O)C(C)(C)Oc1ccc(NC(=O)CC(N)=O)cn1)C(Cc1ccc(Cl)cc1)c1cccc(C#N)c1. The highest BCUT2D eigenvalue weighted by atomic mass is 35.5. The van der Waals surface area contributed by atoms with Crippen LogP contribution in [0.25, 0.3) is 0 Å². The predicted octanol–water partition coefficient (Wildman–Crippen LogP) is 4.11. The molecule has 0 saturated heterocycles. The minimum Gasteiger partial charge on any atom is -0.462 e. The quantitative estimate of drug-likeness (QED) is 0.308.